The van der Waals surface area contributed by atoms with E-state index in [9.17, 15) is 8.42 Å². The third-order valence-electron chi connectivity index (χ3n) is 3.03. The fourth-order valence-corrected chi connectivity index (χ4v) is 3.29. The van der Waals surface area contributed by atoms with E-state index in [4.69, 9.17) is 4.52 Å². The number of aromatic nitrogens is 2. The lowest BCUT2D eigenvalue weighted by Gasteiger charge is -2.08. The number of aryl methyl sites for hydroxylation is 1. The average molecular weight is 303 g/mol. The number of nitrogens with zero attached hydrogens (tertiary/aromatic N) is 2. The third kappa shape index (κ3) is 2.79. The quantitative estimate of drug-likeness (QED) is 0.797. The predicted molar refractivity (Wildman–Crippen MR) is 77.0 cm³/mol. The molecule has 0 bridgehead atoms. The Bertz CT molecular complexity index is 882. The van der Waals surface area contributed by atoms with Gasteiger partial charge in [-0.2, -0.15) is 4.98 Å². The summed E-state index contributed by atoms with van der Waals surface area (Å²) in [4.78, 5) is 4.20. The van der Waals surface area contributed by atoms with Crippen LogP contribution in [0.2, 0.25) is 0 Å². The van der Waals surface area contributed by atoms with Gasteiger partial charge in [0, 0.05) is 12.3 Å². The summed E-state index contributed by atoms with van der Waals surface area (Å²) in [5.41, 5.74) is 0. The van der Waals surface area contributed by atoms with Gasteiger partial charge in [-0.15, -0.1) is 0 Å². The van der Waals surface area contributed by atoms with Crippen molar-refractivity contribution in [2.75, 3.05) is 0 Å². The number of hydrogen-bond acceptors (Lipinski definition) is 5. The molecule has 0 saturated heterocycles. The van der Waals surface area contributed by atoms with Crippen LogP contribution < -0.4 is 4.72 Å². The molecule has 21 heavy (non-hydrogen) atoms. The Labute approximate surface area is 121 Å². The molecular formula is C14H13N3O3S. The van der Waals surface area contributed by atoms with E-state index in [1.807, 2.05) is 24.3 Å². The first-order valence-electron chi connectivity index (χ1n) is 6.33. The molecule has 1 N–H and O–H groups in total. The van der Waals surface area contributed by atoms with Crippen molar-refractivity contribution in [3.63, 3.8) is 0 Å². The monoisotopic (exact) mass is 303 g/mol. The van der Waals surface area contributed by atoms with Crippen LogP contribution in [0.3, 0.4) is 0 Å². The van der Waals surface area contributed by atoms with Crippen LogP contribution >= 0.6 is 0 Å². The Hall–Kier alpha value is -2.25. The van der Waals surface area contributed by atoms with Crippen molar-refractivity contribution < 1.29 is 12.9 Å². The molecule has 0 atom stereocenters. The van der Waals surface area contributed by atoms with Gasteiger partial charge in [-0.3, -0.25) is 0 Å². The molecule has 1 aromatic heterocycles. The van der Waals surface area contributed by atoms with Gasteiger partial charge >= 0.3 is 0 Å². The number of nitrogens with one attached hydrogen (secondary N) is 1. The molecule has 7 heteroatoms. The zero-order chi connectivity index (χ0) is 14.9. The number of sulfonamides is 1. The van der Waals surface area contributed by atoms with Crippen molar-refractivity contribution in [3.8, 4) is 0 Å². The zero-order valence-corrected chi connectivity index (χ0v) is 12.1. The summed E-state index contributed by atoms with van der Waals surface area (Å²) >= 11 is 0. The molecule has 0 aliphatic carbocycles. The normalized spacial score (nSPS) is 11.9. The highest BCUT2D eigenvalue weighted by Gasteiger charge is 2.17. The minimum Gasteiger partial charge on any atom is -0.340 e. The minimum absolute atomic E-state index is 0.0110. The summed E-state index contributed by atoms with van der Waals surface area (Å²) in [5.74, 6) is 0.700. The molecule has 3 rings (SSSR count). The van der Waals surface area contributed by atoms with Crippen molar-refractivity contribution in [1.82, 2.24) is 14.9 Å². The van der Waals surface area contributed by atoms with Gasteiger partial charge in [0.25, 0.3) is 0 Å². The molecule has 0 amide bonds. The average Bonchev–Trinajstić information content (AvgIpc) is 2.90. The van der Waals surface area contributed by atoms with E-state index in [-0.39, 0.29) is 11.4 Å². The van der Waals surface area contributed by atoms with Crippen LogP contribution in [0.15, 0.2) is 51.9 Å². The molecule has 0 saturated carbocycles. The van der Waals surface area contributed by atoms with Gasteiger partial charge in [0.1, 0.15) is 0 Å². The second-order valence-electron chi connectivity index (χ2n) is 4.53. The van der Waals surface area contributed by atoms with Gasteiger partial charge in [-0.1, -0.05) is 41.6 Å². The molecule has 2 aromatic carbocycles. The fraction of sp³-hybridized carbons (Fsp3) is 0.143. The summed E-state index contributed by atoms with van der Waals surface area (Å²) < 4.78 is 32.2. The summed E-state index contributed by atoms with van der Waals surface area (Å²) in [7, 11) is -3.65. The lowest BCUT2D eigenvalue weighted by Crippen LogP contribution is -2.24. The summed E-state index contributed by atoms with van der Waals surface area (Å²) in [6.45, 7) is 1.64. The first kappa shape index (κ1) is 13.7. The Morgan fingerprint density at radius 2 is 1.90 bits per heavy atom. The van der Waals surface area contributed by atoms with Crippen molar-refractivity contribution in [3.05, 3.63) is 54.2 Å². The van der Waals surface area contributed by atoms with Crippen LogP contribution in [0.4, 0.5) is 0 Å². The molecule has 0 radical (unpaired) electrons. The number of benzene rings is 2. The van der Waals surface area contributed by atoms with Gasteiger partial charge in [0.05, 0.1) is 11.4 Å². The standard InChI is InChI=1S/C14H13N3O3S/c1-10-16-14(17-20-10)9-15-21(18,19)13-8-4-6-11-5-2-3-7-12(11)13/h2-8,15H,9H2,1H3. The van der Waals surface area contributed by atoms with Gasteiger partial charge in [-0.25, -0.2) is 13.1 Å². The predicted octanol–water partition coefficient (Wildman–Crippen LogP) is 2.01. The summed E-state index contributed by atoms with van der Waals surface area (Å²) in [6, 6.07) is 12.5. The van der Waals surface area contributed by atoms with Crippen molar-refractivity contribution >= 4 is 20.8 Å². The third-order valence-corrected chi connectivity index (χ3v) is 4.49. The molecule has 0 fully saturated rings. The number of fused-ring (bicyclic) bond motifs is 1. The molecule has 3 aromatic rings. The van der Waals surface area contributed by atoms with Crippen LogP contribution in [-0.4, -0.2) is 18.6 Å². The van der Waals surface area contributed by atoms with Crippen LogP contribution in [0, 0.1) is 6.92 Å². The molecule has 1 heterocycles. The second kappa shape index (κ2) is 5.27. The lowest BCUT2D eigenvalue weighted by atomic mass is 10.1. The van der Waals surface area contributed by atoms with Crippen molar-refractivity contribution in [2.24, 2.45) is 0 Å². The Balaban J connectivity index is 1.93. The summed E-state index contributed by atoms with van der Waals surface area (Å²) in [6.07, 6.45) is 0. The number of hydrogen-bond donors (Lipinski definition) is 1. The van der Waals surface area contributed by atoms with E-state index in [2.05, 4.69) is 14.9 Å². The van der Waals surface area contributed by atoms with Crippen molar-refractivity contribution in [2.45, 2.75) is 18.4 Å². The topological polar surface area (TPSA) is 85.1 Å². The molecular weight excluding hydrogens is 290 g/mol. The van der Waals surface area contributed by atoms with Crippen LogP contribution in [0.25, 0.3) is 10.8 Å². The van der Waals surface area contributed by atoms with Gasteiger partial charge in [-0.05, 0) is 11.5 Å². The first-order chi connectivity index (χ1) is 10.1. The maximum Gasteiger partial charge on any atom is 0.241 e. The van der Waals surface area contributed by atoms with E-state index in [0.29, 0.717) is 17.1 Å². The molecule has 0 aliphatic heterocycles. The second-order valence-corrected chi connectivity index (χ2v) is 6.27. The Morgan fingerprint density at radius 3 is 2.67 bits per heavy atom. The molecule has 6 nitrogen and oxygen atoms in total. The van der Waals surface area contributed by atoms with Crippen LogP contribution in [0.5, 0.6) is 0 Å². The van der Waals surface area contributed by atoms with E-state index >= 15 is 0 Å². The highest BCUT2D eigenvalue weighted by Crippen LogP contribution is 2.22. The van der Waals surface area contributed by atoms with E-state index in [1.54, 1.807) is 25.1 Å². The van der Waals surface area contributed by atoms with E-state index in [1.165, 1.54) is 0 Å². The largest absolute Gasteiger partial charge is 0.340 e. The highest BCUT2D eigenvalue weighted by atomic mass is 32.2. The number of rotatable bonds is 4. The van der Waals surface area contributed by atoms with Crippen LogP contribution in [-0.2, 0) is 16.6 Å². The Morgan fingerprint density at radius 1 is 1.14 bits per heavy atom. The smallest absolute Gasteiger partial charge is 0.241 e. The highest BCUT2D eigenvalue weighted by molar-refractivity contribution is 7.89. The molecule has 108 valence electrons. The maximum atomic E-state index is 12.4. The van der Waals surface area contributed by atoms with Gasteiger partial charge < -0.3 is 4.52 Å². The molecule has 0 spiro atoms. The first-order valence-corrected chi connectivity index (χ1v) is 7.81. The van der Waals surface area contributed by atoms with E-state index < -0.39 is 10.0 Å². The molecule has 0 aliphatic rings. The minimum atomic E-state index is -3.65. The fourth-order valence-electron chi connectivity index (χ4n) is 2.08. The molecule has 0 unspecified atom stereocenters. The SMILES string of the molecule is Cc1nc(CNS(=O)(=O)c2cccc3ccccc23)no1. The maximum absolute atomic E-state index is 12.4. The Kier molecular flexibility index (Phi) is 3.44. The van der Waals surface area contributed by atoms with Gasteiger partial charge in [0.15, 0.2) is 5.82 Å². The summed E-state index contributed by atoms with van der Waals surface area (Å²) in [5, 5.41) is 5.21. The van der Waals surface area contributed by atoms with Crippen molar-refractivity contribution in [1.29, 1.82) is 0 Å². The van der Waals surface area contributed by atoms with Crippen LogP contribution in [0.1, 0.15) is 11.7 Å². The van der Waals surface area contributed by atoms with E-state index in [0.717, 1.165) is 5.39 Å². The lowest BCUT2D eigenvalue weighted by molar-refractivity contribution is 0.387. The zero-order valence-electron chi connectivity index (χ0n) is 11.3. The van der Waals surface area contributed by atoms with Gasteiger partial charge in [0.2, 0.25) is 15.9 Å².